The monoisotopic (exact) mass is 566 g/mol. The minimum Gasteiger partial charge on any atom is -0.507 e. The number of amides is 1. The van der Waals surface area contributed by atoms with Gasteiger partial charge in [0.05, 0.1) is 49.6 Å². The first-order chi connectivity index (χ1) is 18.1. The summed E-state index contributed by atoms with van der Waals surface area (Å²) in [7, 11) is 6.48. The summed E-state index contributed by atoms with van der Waals surface area (Å²) in [4.78, 5) is 30.0. The van der Waals surface area contributed by atoms with Crippen molar-refractivity contribution in [2.24, 2.45) is 0 Å². The van der Waals surface area contributed by atoms with E-state index in [9.17, 15) is 14.7 Å². The number of benzene rings is 2. The number of hydrogen-bond donors (Lipinski definition) is 1. The molecule has 1 fully saturated rings. The molecule has 0 aliphatic carbocycles. The summed E-state index contributed by atoms with van der Waals surface area (Å²) in [5, 5.41) is 11.7. The largest absolute Gasteiger partial charge is 0.507 e. The third-order valence-corrected chi connectivity index (χ3v) is 6.63. The van der Waals surface area contributed by atoms with Gasteiger partial charge in [0.15, 0.2) is 23.0 Å². The number of aliphatic hydroxyl groups excluding tert-OH is 1. The minimum atomic E-state index is -0.922. The zero-order valence-corrected chi connectivity index (χ0v) is 23.8. The molecule has 1 heterocycles. The van der Waals surface area contributed by atoms with Crippen molar-refractivity contribution in [3.63, 3.8) is 0 Å². The maximum absolute atomic E-state index is 13.4. The molecule has 0 saturated carbocycles. The Labute approximate surface area is 232 Å². The first-order valence-electron chi connectivity index (χ1n) is 12.0. The van der Waals surface area contributed by atoms with E-state index in [1.807, 2.05) is 32.8 Å². The fraction of sp³-hybridized carbons (Fsp3) is 0.407. The molecule has 1 N–H and O–H groups in total. The van der Waals surface area contributed by atoms with E-state index in [0.29, 0.717) is 36.8 Å². The highest BCUT2D eigenvalue weighted by molar-refractivity contribution is 6.47. The van der Waals surface area contributed by atoms with Gasteiger partial charge in [-0.3, -0.25) is 9.59 Å². The molecule has 38 heavy (non-hydrogen) atoms. The van der Waals surface area contributed by atoms with Crippen LogP contribution in [0.25, 0.3) is 5.76 Å². The second-order valence-corrected chi connectivity index (χ2v) is 9.44. The molecule has 1 unspecified atom stereocenters. The van der Waals surface area contributed by atoms with E-state index in [1.165, 1.54) is 25.2 Å². The summed E-state index contributed by atoms with van der Waals surface area (Å²) in [5.41, 5.74) is 0.479. The van der Waals surface area contributed by atoms with Crippen molar-refractivity contribution in [1.82, 2.24) is 9.80 Å². The van der Waals surface area contributed by atoms with E-state index in [1.54, 1.807) is 18.2 Å². The van der Waals surface area contributed by atoms with Crippen molar-refractivity contribution in [2.75, 3.05) is 54.6 Å². The highest BCUT2D eigenvalue weighted by Crippen LogP contribution is 2.47. The summed E-state index contributed by atoms with van der Waals surface area (Å²) in [6, 6.07) is 5.64. The van der Waals surface area contributed by atoms with Crippen LogP contribution >= 0.6 is 23.2 Å². The van der Waals surface area contributed by atoms with E-state index in [-0.39, 0.29) is 39.2 Å². The predicted molar refractivity (Wildman–Crippen MR) is 146 cm³/mol. The van der Waals surface area contributed by atoms with Gasteiger partial charge in [-0.1, -0.05) is 29.3 Å². The number of Topliss-reactive ketones (excluding diaryl/α,β-unsaturated/α-hetero) is 1. The molecule has 1 amide bonds. The van der Waals surface area contributed by atoms with Crippen LogP contribution in [0.2, 0.25) is 10.0 Å². The average Bonchev–Trinajstić information content (AvgIpc) is 3.13. The molecule has 1 aliphatic heterocycles. The van der Waals surface area contributed by atoms with Crippen LogP contribution in [0.4, 0.5) is 0 Å². The van der Waals surface area contributed by atoms with Crippen LogP contribution in [0.1, 0.15) is 31.0 Å². The van der Waals surface area contributed by atoms with E-state index >= 15 is 0 Å². The van der Waals surface area contributed by atoms with Crippen LogP contribution in [0.5, 0.6) is 23.0 Å². The molecule has 11 heteroatoms. The Morgan fingerprint density at radius 3 is 2.21 bits per heavy atom. The number of hydrogen-bond acceptors (Lipinski definition) is 8. The molecular weight excluding hydrogens is 535 g/mol. The number of rotatable bonds is 11. The van der Waals surface area contributed by atoms with Gasteiger partial charge in [-0.2, -0.15) is 0 Å². The highest BCUT2D eigenvalue weighted by Gasteiger charge is 2.46. The third-order valence-electron chi connectivity index (χ3n) is 6.01. The second kappa shape index (κ2) is 12.6. The molecular formula is C27H32Cl2N2O7. The van der Waals surface area contributed by atoms with Gasteiger partial charge in [-0.15, -0.1) is 0 Å². The number of aliphatic hydroxyl groups is 1. The standard InChI is InChI=1S/C27H32Cl2N2O7/c1-7-37-18-10-9-15(13-19(18)38-8-2)22-20(24(33)27(34)31(22)12-11-30(3)4)23(32)16-14-17(28)26(36-6)21(29)25(16)35-5/h9-10,13-14,22,32H,7-8,11-12H2,1-6H3/b23-20+. The quantitative estimate of drug-likeness (QED) is 0.235. The van der Waals surface area contributed by atoms with Crippen LogP contribution in [-0.4, -0.2) is 81.2 Å². The smallest absolute Gasteiger partial charge is 0.295 e. The maximum atomic E-state index is 13.4. The number of carbonyl (C=O) groups is 2. The topological polar surface area (TPSA) is 97.8 Å². The molecule has 1 atom stereocenters. The van der Waals surface area contributed by atoms with Gasteiger partial charge in [-0.05, 0) is 51.7 Å². The van der Waals surface area contributed by atoms with Crippen molar-refractivity contribution in [2.45, 2.75) is 19.9 Å². The Balaban J connectivity index is 2.30. The lowest BCUT2D eigenvalue weighted by atomic mass is 9.94. The zero-order chi connectivity index (χ0) is 28.1. The van der Waals surface area contributed by atoms with Crippen molar-refractivity contribution < 1.29 is 33.6 Å². The molecule has 0 bridgehead atoms. The highest BCUT2D eigenvalue weighted by atomic mass is 35.5. The fourth-order valence-corrected chi connectivity index (χ4v) is 4.98. The summed E-state index contributed by atoms with van der Waals surface area (Å²) in [5.74, 6) is -0.881. The maximum Gasteiger partial charge on any atom is 0.295 e. The van der Waals surface area contributed by atoms with E-state index in [4.69, 9.17) is 42.1 Å². The average molecular weight is 567 g/mol. The van der Waals surface area contributed by atoms with Gasteiger partial charge in [0.25, 0.3) is 11.7 Å². The van der Waals surface area contributed by atoms with E-state index in [2.05, 4.69) is 0 Å². The Morgan fingerprint density at radius 1 is 1.00 bits per heavy atom. The molecule has 0 aromatic heterocycles. The minimum absolute atomic E-state index is 0.0159. The fourth-order valence-electron chi connectivity index (χ4n) is 4.29. The van der Waals surface area contributed by atoms with Crippen LogP contribution < -0.4 is 18.9 Å². The second-order valence-electron chi connectivity index (χ2n) is 8.65. The summed E-state index contributed by atoms with van der Waals surface area (Å²) in [6.07, 6.45) is 0. The van der Waals surface area contributed by atoms with Crippen LogP contribution in [0.15, 0.2) is 29.8 Å². The first-order valence-corrected chi connectivity index (χ1v) is 12.8. The van der Waals surface area contributed by atoms with Crippen molar-refractivity contribution in [1.29, 1.82) is 0 Å². The lowest BCUT2D eigenvalue weighted by molar-refractivity contribution is -0.140. The number of halogens is 2. The van der Waals surface area contributed by atoms with Gasteiger partial charge in [-0.25, -0.2) is 0 Å². The van der Waals surface area contributed by atoms with Gasteiger partial charge < -0.3 is 33.9 Å². The Hall–Kier alpha value is -3.14. The van der Waals surface area contributed by atoms with E-state index < -0.39 is 23.5 Å². The number of nitrogens with zero attached hydrogens (tertiary/aromatic N) is 2. The summed E-state index contributed by atoms with van der Waals surface area (Å²) >= 11 is 12.8. The number of methoxy groups -OCH3 is 2. The SMILES string of the molecule is CCOc1ccc(C2/C(=C(\O)c3cc(Cl)c(OC)c(Cl)c3OC)C(=O)C(=O)N2CCN(C)C)cc1OCC. The van der Waals surface area contributed by atoms with E-state index in [0.717, 1.165) is 0 Å². The number of likely N-dealkylation sites (N-methyl/N-ethyl adjacent to an activating group) is 1. The van der Waals surface area contributed by atoms with Crippen LogP contribution in [-0.2, 0) is 9.59 Å². The van der Waals surface area contributed by atoms with Gasteiger partial charge in [0.2, 0.25) is 0 Å². The molecule has 9 nitrogen and oxygen atoms in total. The molecule has 1 saturated heterocycles. The Morgan fingerprint density at radius 2 is 1.63 bits per heavy atom. The molecule has 1 aliphatic rings. The van der Waals surface area contributed by atoms with Gasteiger partial charge in [0, 0.05) is 13.1 Å². The van der Waals surface area contributed by atoms with Crippen LogP contribution in [0.3, 0.4) is 0 Å². The Bertz CT molecular complexity index is 1250. The van der Waals surface area contributed by atoms with Crippen LogP contribution in [0, 0.1) is 0 Å². The summed E-state index contributed by atoms with van der Waals surface area (Å²) in [6.45, 7) is 5.23. The summed E-state index contributed by atoms with van der Waals surface area (Å²) < 4.78 is 22.1. The van der Waals surface area contributed by atoms with Crippen molar-refractivity contribution in [3.8, 4) is 23.0 Å². The number of ketones is 1. The molecule has 2 aromatic rings. The normalized spacial score (nSPS) is 16.8. The molecule has 3 rings (SSSR count). The first kappa shape index (κ1) is 29.4. The third kappa shape index (κ3) is 5.65. The number of carbonyl (C=O) groups excluding carboxylic acids is 2. The molecule has 206 valence electrons. The molecule has 0 spiro atoms. The molecule has 2 aromatic carbocycles. The van der Waals surface area contributed by atoms with Crippen molar-refractivity contribution in [3.05, 3.63) is 51.0 Å². The van der Waals surface area contributed by atoms with Gasteiger partial charge in [0.1, 0.15) is 10.8 Å². The van der Waals surface area contributed by atoms with Gasteiger partial charge >= 0.3 is 0 Å². The Kier molecular flexibility index (Phi) is 9.76. The number of likely N-dealkylation sites (tertiary alicyclic amines) is 1. The zero-order valence-electron chi connectivity index (χ0n) is 22.3. The lowest BCUT2D eigenvalue weighted by Gasteiger charge is -2.27. The lowest BCUT2D eigenvalue weighted by Crippen LogP contribution is -2.35. The number of ether oxygens (including phenoxy) is 4. The molecule has 0 radical (unpaired) electrons. The van der Waals surface area contributed by atoms with Crippen molar-refractivity contribution >= 4 is 40.7 Å². The predicted octanol–water partition coefficient (Wildman–Crippen LogP) is 4.79.